The minimum Gasteiger partial charge on any atom is -0.495 e. The second-order valence-electron chi connectivity index (χ2n) is 4.51. The predicted molar refractivity (Wildman–Crippen MR) is 85.0 cm³/mol. The molecular formula is C16H17F2N3O2. The van der Waals surface area contributed by atoms with Gasteiger partial charge in [-0.05, 0) is 18.2 Å². The summed E-state index contributed by atoms with van der Waals surface area (Å²) in [6, 6.07) is 13.7. The Labute approximate surface area is 132 Å². The highest BCUT2D eigenvalue weighted by Gasteiger charge is 2.09. The van der Waals surface area contributed by atoms with Gasteiger partial charge in [0.25, 0.3) is 0 Å². The van der Waals surface area contributed by atoms with Gasteiger partial charge >= 0.3 is 6.61 Å². The van der Waals surface area contributed by atoms with Gasteiger partial charge in [0.2, 0.25) is 0 Å². The van der Waals surface area contributed by atoms with E-state index in [1.54, 1.807) is 37.4 Å². The van der Waals surface area contributed by atoms with Gasteiger partial charge in [0, 0.05) is 5.56 Å². The fraction of sp³-hybridized carbons (Fsp3) is 0.188. The van der Waals surface area contributed by atoms with E-state index in [0.717, 1.165) is 0 Å². The SMILES string of the molecule is COc1ccccc1NC(N)=NCc1ccccc1OC(F)F. The van der Waals surface area contributed by atoms with Crippen LogP contribution in [0, 0.1) is 0 Å². The first kappa shape index (κ1) is 16.5. The van der Waals surface area contributed by atoms with Crippen molar-refractivity contribution in [2.75, 3.05) is 12.4 Å². The molecule has 2 aromatic rings. The Hall–Kier alpha value is -2.83. The Morgan fingerprint density at radius 1 is 1.13 bits per heavy atom. The molecule has 2 aromatic carbocycles. The molecule has 2 rings (SSSR count). The summed E-state index contributed by atoms with van der Waals surface area (Å²) in [7, 11) is 1.55. The number of hydrogen-bond acceptors (Lipinski definition) is 3. The van der Waals surface area contributed by atoms with E-state index in [-0.39, 0.29) is 18.3 Å². The highest BCUT2D eigenvalue weighted by molar-refractivity contribution is 5.93. The molecule has 0 atom stereocenters. The van der Waals surface area contributed by atoms with Crippen molar-refractivity contribution in [3.05, 3.63) is 54.1 Å². The molecule has 0 aliphatic carbocycles. The number of hydrogen-bond donors (Lipinski definition) is 2. The summed E-state index contributed by atoms with van der Waals surface area (Å²) in [5.41, 5.74) is 7.00. The third kappa shape index (κ3) is 4.84. The highest BCUT2D eigenvalue weighted by atomic mass is 19.3. The average molecular weight is 321 g/mol. The van der Waals surface area contributed by atoms with Crippen LogP contribution in [0.2, 0.25) is 0 Å². The molecule has 7 heteroatoms. The van der Waals surface area contributed by atoms with E-state index in [2.05, 4.69) is 15.0 Å². The second kappa shape index (κ2) is 7.98. The van der Waals surface area contributed by atoms with Gasteiger partial charge in [-0.3, -0.25) is 0 Å². The minimum absolute atomic E-state index is 0.0799. The van der Waals surface area contributed by atoms with Crippen LogP contribution in [-0.2, 0) is 6.54 Å². The zero-order valence-corrected chi connectivity index (χ0v) is 12.5. The third-order valence-electron chi connectivity index (χ3n) is 2.98. The van der Waals surface area contributed by atoms with Crippen molar-refractivity contribution in [3.8, 4) is 11.5 Å². The van der Waals surface area contributed by atoms with Crippen LogP contribution in [0.4, 0.5) is 14.5 Å². The molecule has 0 saturated carbocycles. The maximum atomic E-state index is 12.4. The number of aliphatic imine (C=N–C) groups is 1. The molecule has 0 aliphatic heterocycles. The Balaban J connectivity index is 2.08. The first-order chi connectivity index (χ1) is 11.1. The number of nitrogens with two attached hydrogens (primary N) is 1. The van der Waals surface area contributed by atoms with Crippen molar-refractivity contribution in [2.24, 2.45) is 10.7 Å². The summed E-state index contributed by atoms with van der Waals surface area (Å²) < 4.78 is 34.4. The lowest BCUT2D eigenvalue weighted by atomic mass is 10.2. The summed E-state index contributed by atoms with van der Waals surface area (Å²) >= 11 is 0. The summed E-state index contributed by atoms with van der Waals surface area (Å²) in [5.74, 6) is 0.838. The molecule has 0 radical (unpaired) electrons. The number of benzene rings is 2. The zero-order valence-electron chi connectivity index (χ0n) is 12.5. The van der Waals surface area contributed by atoms with Crippen LogP contribution >= 0.6 is 0 Å². The maximum absolute atomic E-state index is 12.4. The van der Waals surface area contributed by atoms with Gasteiger partial charge in [-0.2, -0.15) is 8.78 Å². The third-order valence-corrected chi connectivity index (χ3v) is 2.98. The molecule has 0 bridgehead atoms. The molecule has 0 unspecified atom stereocenters. The van der Waals surface area contributed by atoms with E-state index in [0.29, 0.717) is 17.0 Å². The number of methoxy groups -OCH3 is 1. The molecule has 122 valence electrons. The first-order valence-corrected chi connectivity index (χ1v) is 6.83. The monoisotopic (exact) mass is 321 g/mol. The number of nitrogens with zero attached hydrogens (tertiary/aromatic N) is 1. The van der Waals surface area contributed by atoms with Crippen molar-refractivity contribution in [2.45, 2.75) is 13.2 Å². The van der Waals surface area contributed by atoms with E-state index in [1.165, 1.54) is 6.07 Å². The van der Waals surface area contributed by atoms with E-state index in [9.17, 15) is 8.78 Å². The lowest BCUT2D eigenvalue weighted by molar-refractivity contribution is -0.0504. The van der Waals surface area contributed by atoms with Gasteiger partial charge in [-0.1, -0.05) is 30.3 Å². The summed E-state index contributed by atoms with van der Waals surface area (Å²) in [4.78, 5) is 4.14. The Morgan fingerprint density at radius 3 is 2.48 bits per heavy atom. The van der Waals surface area contributed by atoms with Crippen LogP contribution < -0.4 is 20.5 Å². The number of nitrogens with one attached hydrogen (secondary N) is 1. The van der Waals surface area contributed by atoms with Gasteiger partial charge in [-0.15, -0.1) is 0 Å². The van der Waals surface area contributed by atoms with Crippen LogP contribution in [0.15, 0.2) is 53.5 Å². The predicted octanol–water partition coefficient (Wildman–Crippen LogP) is 3.22. The largest absolute Gasteiger partial charge is 0.495 e. The quantitative estimate of drug-likeness (QED) is 0.633. The smallest absolute Gasteiger partial charge is 0.387 e. The molecule has 23 heavy (non-hydrogen) atoms. The first-order valence-electron chi connectivity index (χ1n) is 6.83. The molecular weight excluding hydrogens is 304 g/mol. The molecule has 5 nitrogen and oxygen atoms in total. The van der Waals surface area contributed by atoms with Crippen molar-refractivity contribution in [1.82, 2.24) is 0 Å². The Morgan fingerprint density at radius 2 is 1.78 bits per heavy atom. The van der Waals surface area contributed by atoms with Crippen LogP contribution in [0.3, 0.4) is 0 Å². The molecule has 0 heterocycles. The van der Waals surface area contributed by atoms with E-state index < -0.39 is 6.61 Å². The standard InChI is InChI=1S/C16H17F2N3O2/c1-22-14-9-5-3-7-12(14)21-16(19)20-10-11-6-2-4-8-13(11)23-15(17)18/h2-9,15H,10H2,1H3,(H3,19,20,21). The number of rotatable bonds is 6. The minimum atomic E-state index is -2.89. The Bertz CT molecular complexity index is 678. The van der Waals surface area contributed by atoms with Gasteiger partial charge in [0.15, 0.2) is 5.96 Å². The summed E-state index contributed by atoms with van der Waals surface area (Å²) in [6.45, 7) is -2.78. The number of guanidine groups is 1. The molecule has 3 N–H and O–H groups in total. The molecule has 0 saturated heterocycles. The van der Waals surface area contributed by atoms with Crippen molar-refractivity contribution in [3.63, 3.8) is 0 Å². The number of anilines is 1. The molecule has 0 spiro atoms. The maximum Gasteiger partial charge on any atom is 0.387 e. The van der Waals surface area contributed by atoms with Gasteiger partial charge in [-0.25, -0.2) is 4.99 Å². The number of alkyl halides is 2. The summed E-state index contributed by atoms with van der Waals surface area (Å²) in [6.07, 6.45) is 0. The van der Waals surface area contributed by atoms with Crippen LogP contribution in [0.25, 0.3) is 0 Å². The van der Waals surface area contributed by atoms with E-state index in [4.69, 9.17) is 10.5 Å². The van der Waals surface area contributed by atoms with Crippen molar-refractivity contribution < 1.29 is 18.3 Å². The number of halogens is 2. The van der Waals surface area contributed by atoms with Crippen molar-refractivity contribution in [1.29, 1.82) is 0 Å². The average Bonchev–Trinajstić information content (AvgIpc) is 2.54. The fourth-order valence-corrected chi connectivity index (χ4v) is 1.94. The van der Waals surface area contributed by atoms with Crippen molar-refractivity contribution >= 4 is 11.6 Å². The fourth-order valence-electron chi connectivity index (χ4n) is 1.94. The molecule has 0 fully saturated rings. The normalized spacial score (nSPS) is 11.4. The zero-order chi connectivity index (χ0) is 16.7. The number of ether oxygens (including phenoxy) is 2. The summed E-state index contributed by atoms with van der Waals surface area (Å²) in [5, 5.41) is 2.91. The van der Waals surface area contributed by atoms with Gasteiger partial charge in [0.1, 0.15) is 11.5 Å². The topological polar surface area (TPSA) is 68.9 Å². The highest BCUT2D eigenvalue weighted by Crippen LogP contribution is 2.23. The van der Waals surface area contributed by atoms with Crippen LogP contribution in [0.1, 0.15) is 5.56 Å². The second-order valence-corrected chi connectivity index (χ2v) is 4.51. The van der Waals surface area contributed by atoms with Crippen LogP contribution in [-0.4, -0.2) is 19.7 Å². The van der Waals surface area contributed by atoms with E-state index >= 15 is 0 Å². The van der Waals surface area contributed by atoms with E-state index in [1.807, 2.05) is 12.1 Å². The Kier molecular flexibility index (Phi) is 5.74. The molecule has 0 aliphatic rings. The van der Waals surface area contributed by atoms with Gasteiger partial charge in [0.05, 0.1) is 19.3 Å². The molecule has 0 aromatic heterocycles. The lowest BCUT2D eigenvalue weighted by Crippen LogP contribution is -2.23. The van der Waals surface area contributed by atoms with Crippen LogP contribution in [0.5, 0.6) is 11.5 Å². The molecule has 0 amide bonds. The lowest BCUT2D eigenvalue weighted by Gasteiger charge is -2.11. The van der Waals surface area contributed by atoms with Gasteiger partial charge < -0.3 is 20.5 Å². The number of para-hydroxylation sites is 3.